The Balaban J connectivity index is 0.00000364. The standard InChI is InChI=1S/C20H31N5O.HI/c1-6-25(7-2)14-18-11-9-8-10-17(18)12-22-20(21-5)23-13-19-24-15(3)16(4)26-19;/h8-11H,6-7,12-14H2,1-5H3,(H2,21,22,23);1H. The van der Waals surface area contributed by atoms with Crippen molar-refractivity contribution in [2.24, 2.45) is 4.99 Å². The maximum Gasteiger partial charge on any atom is 0.214 e. The van der Waals surface area contributed by atoms with E-state index in [1.807, 2.05) is 13.8 Å². The van der Waals surface area contributed by atoms with Gasteiger partial charge in [0.15, 0.2) is 5.96 Å². The molecule has 0 atom stereocenters. The van der Waals surface area contributed by atoms with Crippen molar-refractivity contribution in [2.45, 2.75) is 47.3 Å². The third-order valence-corrected chi connectivity index (χ3v) is 4.56. The molecular formula is C20H32IN5O. The topological polar surface area (TPSA) is 65.7 Å². The van der Waals surface area contributed by atoms with Gasteiger partial charge in [-0.15, -0.1) is 24.0 Å². The molecular weight excluding hydrogens is 453 g/mol. The molecule has 1 aromatic heterocycles. The molecule has 0 aliphatic heterocycles. The van der Waals surface area contributed by atoms with E-state index in [-0.39, 0.29) is 24.0 Å². The zero-order chi connectivity index (χ0) is 18.9. The van der Waals surface area contributed by atoms with Crippen LogP contribution in [0.25, 0.3) is 0 Å². The monoisotopic (exact) mass is 485 g/mol. The molecule has 0 spiro atoms. The quantitative estimate of drug-likeness (QED) is 0.340. The number of rotatable bonds is 8. The Hall–Kier alpha value is -1.61. The zero-order valence-electron chi connectivity index (χ0n) is 17.0. The molecule has 2 rings (SSSR count). The van der Waals surface area contributed by atoms with Crippen LogP contribution in [-0.4, -0.2) is 36.0 Å². The molecule has 1 heterocycles. The molecule has 0 fully saturated rings. The fourth-order valence-corrected chi connectivity index (χ4v) is 2.75. The minimum absolute atomic E-state index is 0. The first kappa shape index (κ1) is 23.4. The largest absolute Gasteiger partial charge is 0.444 e. The third kappa shape index (κ3) is 7.14. The Morgan fingerprint density at radius 2 is 1.70 bits per heavy atom. The predicted molar refractivity (Wildman–Crippen MR) is 121 cm³/mol. The maximum absolute atomic E-state index is 5.60. The molecule has 150 valence electrons. The number of hydrogen-bond donors (Lipinski definition) is 2. The normalized spacial score (nSPS) is 11.4. The Morgan fingerprint density at radius 1 is 1.07 bits per heavy atom. The number of aryl methyl sites for hydroxylation is 2. The van der Waals surface area contributed by atoms with Crippen molar-refractivity contribution in [1.29, 1.82) is 0 Å². The summed E-state index contributed by atoms with van der Waals surface area (Å²) in [6.45, 7) is 12.6. The van der Waals surface area contributed by atoms with E-state index in [1.54, 1.807) is 7.05 Å². The van der Waals surface area contributed by atoms with E-state index in [0.29, 0.717) is 12.4 Å². The number of hydrogen-bond acceptors (Lipinski definition) is 4. The summed E-state index contributed by atoms with van der Waals surface area (Å²) in [4.78, 5) is 11.1. The first-order valence-electron chi connectivity index (χ1n) is 9.23. The lowest BCUT2D eigenvalue weighted by atomic mass is 10.1. The number of benzene rings is 1. The van der Waals surface area contributed by atoms with Crippen LogP contribution in [-0.2, 0) is 19.6 Å². The van der Waals surface area contributed by atoms with Gasteiger partial charge in [-0.1, -0.05) is 38.1 Å². The van der Waals surface area contributed by atoms with E-state index in [2.05, 4.69) is 63.6 Å². The van der Waals surface area contributed by atoms with Crippen molar-refractivity contribution in [3.8, 4) is 0 Å². The highest BCUT2D eigenvalue weighted by Crippen LogP contribution is 2.12. The third-order valence-electron chi connectivity index (χ3n) is 4.56. The van der Waals surface area contributed by atoms with Gasteiger partial charge < -0.3 is 15.1 Å². The average molecular weight is 485 g/mol. The number of guanidine groups is 1. The zero-order valence-corrected chi connectivity index (χ0v) is 19.3. The van der Waals surface area contributed by atoms with Crippen LogP contribution in [0.2, 0.25) is 0 Å². The molecule has 1 aromatic carbocycles. The number of aliphatic imine (C=N–C) groups is 1. The molecule has 2 N–H and O–H groups in total. The van der Waals surface area contributed by atoms with Gasteiger partial charge in [-0.05, 0) is 38.1 Å². The highest BCUT2D eigenvalue weighted by Gasteiger charge is 2.09. The van der Waals surface area contributed by atoms with Crippen LogP contribution >= 0.6 is 24.0 Å². The van der Waals surface area contributed by atoms with Crippen molar-refractivity contribution in [2.75, 3.05) is 20.1 Å². The number of aromatic nitrogens is 1. The van der Waals surface area contributed by atoms with E-state index in [4.69, 9.17) is 4.42 Å². The van der Waals surface area contributed by atoms with Gasteiger partial charge in [0.2, 0.25) is 5.89 Å². The summed E-state index contributed by atoms with van der Waals surface area (Å²) in [5, 5.41) is 6.63. The van der Waals surface area contributed by atoms with Crippen LogP contribution in [0.15, 0.2) is 33.7 Å². The van der Waals surface area contributed by atoms with Gasteiger partial charge in [-0.25, -0.2) is 4.98 Å². The lowest BCUT2D eigenvalue weighted by Gasteiger charge is -2.20. The summed E-state index contributed by atoms with van der Waals surface area (Å²) in [7, 11) is 1.77. The Kier molecular flexibility index (Phi) is 10.4. The summed E-state index contributed by atoms with van der Waals surface area (Å²) in [6.07, 6.45) is 0. The van der Waals surface area contributed by atoms with Crippen LogP contribution in [0, 0.1) is 13.8 Å². The van der Waals surface area contributed by atoms with Crippen LogP contribution in [0.1, 0.15) is 42.3 Å². The molecule has 0 bridgehead atoms. The minimum atomic E-state index is 0. The Bertz CT molecular complexity index is 705. The SMILES string of the molecule is CCN(CC)Cc1ccccc1CNC(=NC)NCc1nc(C)c(C)o1.I. The number of nitrogens with one attached hydrogen (secondary N) is 2. The second kappa shape index (κ2) is 12.0. The number of halogens is 1. The molecule has 0 saturated carbocycles. The van der Waals surface area contributed by atoms with E-state index in [9.17, 15) is 0 Å². The molecule has 7 heteroatoms. The molecule has 0 aliphatic carbocycles. The molecule has 2 aromatic rings. The van der Waals surface area contributed by atoms with Crippen molar-refractivity contribution < 1.29 is 4.42 Å². The molecule has 0 saturated heterocycles. The van der Waals surface area contributed by atoms with Crippen molar-refractivity contribution in [3.05, 3.63) is 52.7 Å². The van der Waals surface area contributed by atoms with Crippen LogP contribution < -0.4 is 10.6 Å². The fourth-order valence-electron chi connectivity index (χ4n) is 2.75. The van der Waals surface area contributed by atoms with Crippen molar-refractivity contribution in [3.63, 3.8) is 0 Å². The van der Waals surface area contributed by atoms with Crippen LogP contribution in [0.3, 0.4) is 0 Å². The van der Waals surface area contributed by atoms with Gasteiger partial charge in [-0.3, -0.25) is 9.89 Å². The van der Waals surface area contributed by atoms with Gasteiger partial charge >= 0.3 is 0 Å². The number of nitrogens with zero attached hydrogens (tertiary/aromatic N) is 3. The van der Waals surface area contributed by atoms with E-state index in [0.717, 1.165) is 43.6 Å². The summed E-state index contributed by atoms with van der Waals surface area (Å²) in [6, 6.07) is 8.55. The maximum atomic E-state index is 5.60. The Morgan fingerprint density at radius 3 is 2.26 bits per heavy atom. The minimum Gasteiger partial charge on any atom is -0.444 e. The molecule has 27 heavy (non-hydrogen) atoms. The summed E-state index contributed by atoms with van der Waals surface area (Å²) < 4.78 is 5.60. The van der Waals surface area contributed by atoms with Gasteiger partial charge in [-0.2, -0.15) is 0 Å². The first-order valence-corrected chi connectivity index (χ1v) is 9.23. The summed E-state index contributed by atoms with van der Waals surface area (Å²) in [5.41, 5.74) is 3.55. The molecule has 6 nitrogen and oxygen atoms in total. The fraction of sp³-hybridized carbons (Fsp3) is 0.500. The highest BCUT2D eigenvalue weighted by molar-refractivity contribution is 14.0. The van der Waals surface area contributed by atoms with E-state index < -0.39 is 0 Å². The molecule has 0 radical (unpaired) electrons. The molecule has 0 aliphatic rings. The van der Waals surface area contributed by atoms with Gasteiger partial charge in [0, 0.05) is 20.1 Å². The first-order chi connectivity index (χ1) is 12.6. The van der Waals surface area contributed by atoms with Crippen molar-refractivity contribution >= 4 is 29.9 Å². The lowest BCUT2D eigenvalue weighted by Crippen LogP contribution is -2.36. The van der Waals surface area contributed by atoms with Crippen LogP contribution in [0.4, 0.5) is 0 Å². The van der Waals surface area contributed by atoms with Crippen molar-refractivity contribution in [1.82, 2.24) is 20.5 Å². The lowest BCUT2D eigenvalue weighted by molar-refractivity contribution is 0.295. The smallest absolute Gasteiger partial charge is 0.214 e. The molecule has 0 unspecified atom stereocenters. The molecule has 0 amide bonds. The predicted octanol–water partition coefficient (Wildman–Crippen LogP) is 3.62. The van der Waals surface area contributed by atoms with Gasteiger partial charge in [0.25, 0.3) is 0 Å². The van der Waals surface area contributed by atoms with E-state index in [1.165, 1.54) is 11.1 Å². The van der Waals surface area contributed by atoms with Crippen LogP contribution in [0.5, 0.6) is 0 Å². The summed E-state index contributed by atoms with van der Waals surface area (Å²) >= 11 is 0. The average Bonchev–Trinajstić information content (AvgIpc) is 2.98. The second-order valence-corrected chi connectivity index (χ2v) is 6.26. The van der Waals surface area contributed by atoms with E-state index >= 15 is 0 Å². The summed E-state index contributed by atoms with van der Waals surface area (Å²) in [5.74, 6) is 2.26. The number of oxazole rings is 1. The van der Waals surface area contributed by atoms with Gasteiger partial charge in [0.1, 0.15) is 5.76 Å². The second-order valence-electron chi connectivity index (χ2n) is 6.26. The Labute approximate surface area is 179 Å². The van der Waals surface area contributed by atoms with Gasteiger partial charge in [0.05, 0.1) is 12.2 Å². The highest BCUT2D eigenvalue weighted by atomic mass is 127.